The maximum absolute atomic E-state index is 11.2. The highest BCUT2D eigenvalue weighted by atomic mass is 16.7. The summed E-state index contributed by atoms with van der Waals surface area (Å²) in [6, 6.07) is 7.46. The fourth-order valence-electron chi connectivity index (χ4n) is 3.87. The van der Waals surface area contributed by atoms with E-state index >= 15 is 0 Å². The third-order valence-electron chi connectivity index (χ3n) is 6.18. The van der Waals surface area contributed by atoms with Crippen molar-refractivity contribution in [2.24, 2.45) is 29.1 Å². The molecule has 2 unspecified atom stereocenters. The molecule has 1 aromatic rings. The number of rotatable bonds is 13. The predicted octanol–water partition coefficient (Wildman–Crippen LogP) is 2.88. The number of benzene rings is 1. The van der Waals surface area contributed by atoms with E-state index in [9.17, 15) is 9.59 Å². The topological polar surface area (TPSA) is 143 Å². The van der Waals surface area contributed by atoms with Gasteiger partial charge in [-0.15, -0.1) is 0 Å². The predicted molar refractivity (Wildman–Crippen MR) is 131 cm³/mol. The summed E-state index contributed by atoms with van der Waals surface area (Å²) in [6.45, 7) is 6.54. The Bertz CT molecular complexity index is 814. The number of hydrogen-bond donors (Lipinski definition) is 3. The van der Waals surface area contributed by atoms with Crippen LogP contribution < -0.4 is 22.0 Å². The lowest BCUT2D eigenvalue weighted by molar-refractivity contribution is -0.198. The van der Waals surface area contributed by atoms with Gasteiger partial charge in [0, 0.05) is 32.5 Å². The van der Waals surface area contributed by atoms with Gasteiger partial charge in [0.25, 0.3) is 0 Å². The number of unbranched alkanes of at least 4 members (excludes halogenated alkanes) is 3. The summed E-state index contributed by atoms with van der Waals surface area (Å²) in [4.78, 5) is 21.9. The van der Waals surface area contributed by atoms with Gasteiger partial charge in [-0.25, -0.2) is 5.84 Å². The van der Waals surface area contributed by atoms with Crippen LogP contribution in [0.2, 0.25) is 0 Å². The molecule has 0 aromatic heterocycles. The molecule has 0 spiro atoms. The molecule has 1 heterocycles. The number of nitrogens with zero attached hydrogens (tertiary/aromatic N) is 1. The molecule has 9 heteroatoms. The maximum atomic E-state index is 11.2. The number of ether oxygens (including phenoxy) is 3. The molecule has 0 aliphatic carbocycles. The number of esters is 1. The van der Waals surface area contributed by atoms with Gasteiger partial charge in [0.15, 0.2) is 0 Å². The van der Waals surface area contributed by atoms with Crippen LogP contribution in [0.25, 0.3) is 5.70 Å². The first-order chi connectivity index (χ1) is 16.2. The Morgan fingerprint density at radius 2 is 1.79 bits per heavy atom. The molecule has 34 heavy (non-hydrogen) atoms. The molecule has 0 radical (unpaired) electrons. The summed E-state index contributed by atoms with van der Waals surface area (Å²) in [5, 5.41) is 1.58. The fourth-order valence-corrected chi connectivity index (χ4v) is 3.87. The van der Waals surface area contributed by atoms with E-state index < -0.39 is 6.29 Å². The van der Waals surface area contributed by atoms with Crippen molar-refractivity contribution in [3.8, 4) is 5.75 Å². The van der Waals surface area contributed by atoms with E-state index in [4.69, 9.17) is 31.5 Å². The fraction of sp³-hybridized carbons (Fsp3) is 0.600. The molecular formula is C25H40N4O5. The summed E-state index contributed by atoms with van der Waals surface area (Å²) >= 11 is 0. The first-order valence-electron chi connectivity index (χ1n) is 12.0. The Morgan fingerprint density at radius 1 is 1.12 bits per heavy atom. The molecule has 1 saturated heterocycles. The quantitative estimate of drug-likeness (QED) is 0.171. The molecule has 9 nitrogen and oxygen atoms in total. The summed E-state index contributed by atoms with van der Waals surface area (Å²) in [5.74, 6) is 6.78. The molecule has 2 rings (SSSR count). The number of hydrazine groups is 1. The first-order valence-corrected chi connectivity index (χ1v) is 12.0. The Labute approximate surface area is 202 Å². The van der Waals surface area contributed by atoms with Gasteiger partial charge in [-0.2, -0.15) is 0 Å². The van der Waals surface area contributed by atoms with Gasteiger partial charge in [-0.1, -0.05) is 26.7 Å². The van der Waals surface area contributed by atoms with Crippen molar-refractivity contribution in [2.45, 2.75) is 71.7 Å². The molecular weight excluding hydrogens is 436 g/mol. The molecule has 0 saturated carbocycles. The summed E-state index contributed by atoms with van der Waals surface area (Å²) in [7, 11) is 0. The van der Waals surface area contributed by atoms with Gasteiger partial charge >= 0.3 is 5.97 Å². The van der Waals surface area contributed by atoms with Crippen molar-refractivity contribution in [2.75, 3.05) is 13.2 Å². The van der Waals surface area contributed by atoms with Crippen LogP contribution >= 0.6 is 0 Å². The third kappa shape index (κ3) is 9.61. The average Bonchev–Trinajstić information content (AvgIpc) is 2.77. The van der Waals surface area contributed by atoms with E-state index in [0.717, 1.165) is 37.7 Å². The normalized spacial score (nSPS) is 22.8. The lowest BCUT2D eigenvalue weighted by atomic mass is 9.86. The van der Waals surface area contributed by atoms with Crippen LogP contribution in [0.5, 0.6) is 5.75 Å². The molecule has 190 valence electrons. The van der Waals surface area contributed by atoms with E-state index in [2.05, 4.69) is 13.8 Å². The zero-order valence-electron chi connectivity index (χ0n) is 20.6. The molecule has 1 aliphatic rings. The minimum absolute atomic E-state index is 0.200. The third-order valence-corrected chi connectivity index (χ3v) is 6.18. The standard InChI is InChI=1S/C25H40N4O5/c1-17-14-25(34-23(18(17)2)16-32-19(3)30)33-21-11-9-20(10-12-21)22(26)15-29(28)13-7-5-4-6-8-24(27)31/h9-12,15,17-18,23,25H,4-8,13-14,16,26,28H2,1-3H3,(H2,27,31)/b22-15-/t17?,18-,23?,25-/m0/s1. The van der Waals surface area contributed by atoms with E-state index in [0.29, 0.717) is 30.3 Å². The smallest absolute Gasteiger partial charge is 0.302 e. The lowest BCUT2D eigenvalue weighted by Gasteiger charge is -2.38. The number of carbonyl (C=O) groups excluding carboxylic acids is 2. The lowest BCUT2D eigenvalue weighted by Crippen LogP contribution is -2.43. The van der Waals surface area contributed by atoms with E-state index in [1.807, 2.05) is 24.3 Å². The van der Waals surface area contributed by atoms with Gasteiger partial charge in [0.05, 0.1) is 11.8 Å². The summed E-state index contributed by atoms with van der Waals surface area (Å²) in [6.07, 6.45) is 5.93. The second-order valence-electron chi connectivity index (χ2n) is 9.07. The van der Waals surface area contributed by atoms with Gasteiger partial charge in [-0.05, 0) is 54.5 Å². The van der Waals surface area contributed by atoms with Gasteiger partial charge in [-0.3, -0.25) is 9.59 Å². The van der Waals surface area contributed by atoms with Crippen molar-refractivity contribution < 1.29 is 23.8 Å². The van der Waals surface area contributed by atoms with Crippen molar-refractivity contribution in [1.82, 2.24) is 5.01 Å². The highest BCUT2D eigenvalue weighted by Gasteiger charge is 2.35. The monoisotopic (exact) mass is 476 g/mol. The molecule has 4 atom stereocenters. The van der Waals surface area contributed by atoms with Gasteiger partial charge in [0.1, 0.15) is 12.4 Å². The Hall–Kier alpha value is -2.78. The summed E-state index contributed by atoms with van der Waals surface area (Å²) in [5.41, 5.74) is 12.7. The highest BCUT2D eigenvalue weighted by Crippen LogP contribution is 2.32. The summed E-state index contributed by atoms with van der Waals surface area (Å²) < 4.78 is 17.2. The van der Waals surface area contributed by atoms with Crippen LogP contribution in [0.3, 0.4) is 0 Å². The van der Waals surface area contributed by atoms with Crippen LogP contribution in [0, 0.1) is 11.8 Å². The van der Waals surface area contributed by atoms with Crippen molar-refractivity contribution in [3.05, 3.63) is 36.0 Å². The minimum Gasteiger partial charge on any atom is -0.465 e. The Balaban J connectivity index is 1.83. The second-order valence-corrected chi connectivity index (χ2v) is 9.07. The Kier molecular flexibility index (Phi) is 11.2. The number of carbonyl (C=O) groups is 2. The molecule has 1 aliphatic heterocycles. The highest BCUT2D eigenvalue weighted by molar-refractivity contribution is 5.73. The number of hydrogen-bond acceptors (Lipinski definition) is 8. The van der Waals surface area contributed by atoms with Crippen molar-refractivity contribution in [1.29, 1.82) is 0 Å². The number of primary amides is 1. The first kappa shape index (κ1) is 27.5. The molecule has 1 fully saturated rings. The van der Waals surface area contributed by atoms with Crippen LogP contribution in [0.1, 0.15) is 64.9 Å². The van der Waals surface area contributed by atoms with E-state index in [1.54, 1.807) is 11.2 Å². The largest absolute Gasteiger partial charge is 0.465 e. The van der Waals surface area contributed by atoms with Gasteiger partial charge in [0.2, 0.25) is 12.2 Å². The van der Waals surface area contributed by atoms with E-state index in [-0.39, 0.29) is 30.5 Å². The second kappa shape index (κ2) is 13.8. The van der Waals surface area contributed by atoms with Gasteiger partial charge < -0.3 is 30.7 Å². The molecule has 1 aromatic carbocycles. The SMILES string of the molecule is CC(=O)OCC1O[C@H](Oc2ccc(/C(N)=C/N(N)CCCCCCC(N)=O)cc2)CC(C)[C@@H]1C. The molecule has 0 bridgehead atoms. The van der Waals surface area contributed by atoms with Crippen molar-refractivity contribution in [3.63, 3.8) is 0 Å². The zero-order chi connectivity index (χ0) is 25.1. The number of nitrogens with two attached hydrogens (primary N) is 3. The Morgan fingerprint density at radius 3 is 2.44 bits per heavy atom. The minimum atomic E-state index is -0.409. The van der Waals surface area contributed by atoms with Crippen LogP contribution in [-0.2, 0) is 19.1 Å². The maximum Gasteiger partial charge on any atom is 0.302 e. The van der Waals surface area contributed by atoms with Crippen LogP contribution in [-0.4, -0.2) is 42.4 Å². The van der Waals surface area contributed by atoms with E-state index in [1.165, 1.54) is 6.92 Å². The zero-order valence-corrected chi connectivity index (χ0v) is 20.6. The van der Waals surface area contributed by atoms with Crippen LogP contribution in [0.15, 0.2) is 30.5 Å². The van der Waals surface area contributed by atoms with Crippen LogP contribution in [0.4, 0.5) is 0 Å². The number of amides is 1. The molecule has 1 amide bonds. The average molecular weight is 477 g/mol. The van der Waals surface area contributed by atoms with Crippen molar-refractivity contribution >= 4 is 17.6 Å². The molecule has 6 N–H and O–H groups in total.